The van der Waals surface area contributed by atoms with Crippen LogP contribution in [0.5, 0.6) is 0 Å². The molecule has 5 aliphatic rings. The number of hydrogen-bond acceptors (Lipinski definition) is 6. The Hall–Kier alpha value is -0.240. The molecule has 1 spiro atoms. The van der Waals surface area contributed by atoms with Gasteiger partial charge in [-0.15, -0.1) is 0 Å². The van der Waals surface area contributed by atoms with Gasteiger partial charge in [0.05, 0.1) is 0 Å². The summed E-state index contributed by atoms with van der Waals surface area (Å²) < 4.78 is 18.7. The molecule has 4 saturated heterocycles. The lowest BCUT2D eigenvalue weighted by Crippen LogP contribution is -2.70. The van der Waals surface area contributed by atoms with Crippen LogP contribution in [0.2, 0.25) is 0 Å². The van der Waals surface area contributed by atoms with Crippen LogP contribution in [0.15, 0.2) is 0 Å². The average Bonchev–Trinajstić information content (AvgIpc) is 2.82. The van der Waals surface area contributed by atoms with Crippen molar-refractivity contribution in [3.63, 3.8) is 0 Å². The van der Waals surface area contributed by atoms with Crippen molar-refractivity contribution in [3.05, 3.63) is 0 Å². The summed E-state index contributed by atoms with van der Waals surface area (Å²) in [4.78, 5) is 11.9. The Labute approximate surface area is 150 Å². The van der Waals surface area contributed by atoms with Gasteiger partial charge >= 0.3 is 0 Å². The molecular weight excluding hydrogens is 324 g/mol. The van der Waals surface area contributed by atoms with Gasteiger partial charge in [-0.05, 0) is 50.9 Å². The fourth-order valence-corrected chi connectivity index (χ4v) is 5.48. The van der Waals surface area contributed by atoms with Gasteiger partial charge in [0, 0.05) is 31.5 Å². The molecule has 8 atom stereocenters. The smallest absolute Gasteiger partial charge is 0.201 e. The first-order chi connectivity index (χ1) is 12.0. The van der Waals surface area contributed by atoms with Gasteiger partial charge in [-0.3, -0.25) is 0 Å². The lowest BCUT2D eigenvalue weighted by atomic mass is 9.58. The molecule has 6 nitrogen and oxygen atoms in total. The second-order valence-electron chi connectivity index (χ2n) is 8.58. The molecule has 4 heterocycles. The van der Waals surface area contributed by atoms with Gasteiger partial charge in [0.25, 0.3) is 0 Å². The second-order valence-corrected chi connectivity index (χ2v) is 8.58. The zero-order valence-corrected chi connectivity index (χ0v) is 15.6. The highest BCUT2D eigenvalue weighted by Gasteiger charge is 2.69. The Morgan fingerprint density at radius 3 is 2.72 bits per heavy atom. The van der Waals surface area contributed by atoms with Crippen LogP contribution in [0.4, 0.5) is 0 Å². The summed E-state index contributed by atoms with van der Waals surface area (Å²) in [6.07, 6.45) is 5.01. The van der Waals surface area contributed by atoms with E-state index in [0.717, 1.165) is 32.1 Å². The van der Waals surface area contributed by atoms with E-state index in [9.17, 15) is 0 Å². The van der Waals surface area contributed by atoms with Crippen LogP contribution in [0.1, 0.15) is 59.3 Å². The molecule has 1 saturated carbocycles. The molecule has 1 N–H and O–H groups in total. The largest absolute Gasteiger partial charge is 0.396 e. The van der Waals surface area contributed by atoms with Gasteiger partial charge in [-0.2, -0.15) is 0 Å². The highest BCUT2D eigenvalue weighted by molar-refractivity contribution is 5.09. The molecule has 5 fully saturated rings. The third-order valence-corrected chi connectivity index (χ3v) is 6.93. The second kappa shape index (κ2) is 6.73. The topological polar surface area (TPSA) is 66.4 Å². The van der Waals surface area contributed by atoms with Crippen molar-refractivity contribution < 1.29 is 29.1 Å². The van der Waals surface area contributed by atoms with Gasteiger partial charge in [-0.25, -0.2) is 9.78 Å². The number of unbranched alkanes of at least 4 members (excludes halogenated alkanes) is 1. The number of fused-ring (bicyclic) bond motifs is 2. The van der Waals surface area contributed by atoms with Gasteiger partial charge in [0.15, 0.2) is 18.2 Å². The van der Waals surface area contributed by atoms with Crippen LogP contribution < -0.4 is 0 Å². The lowest BCUT2D eigenvalue weighted by Gasteiger charge is -2.60. The Bertz CT molecular complexity index is 487. The molecule has 2 bridgehead atoms. The quantitative estimate of drug-likeness (QED) is 0.603. The summed E-state index contributed by atoms with van der Waals surface area (Å²) in [5, 5.41) is 8.94. The maximum Gasteiger partial charge on any atom is 0.201 e. The Morgan fingerprint density at radius 2 is 1.92 bits per heavy atom. The van der Waals surface area contributed by atoms with Gasteiger partial charge in [-0.1, -0.05) is 13.8 Å². The third kappa shape index (κ3) is 2.86. The van der Waals surface area contributed by atoms with Gasteiger partial charge in [0.1, 0.15) is 0 Å². The normalized spacial score (nSPS) is 51.8. The first-order valence-corrected chi connectivity index (χ1v) is 9.93. The minimum Gasteiger partial charge on any atom is -0.396 e. The van der Waals surface area contributed by atoms with E-state index in [1.165, 1.54) is 6.42 Å². The molecule has 0 amide bonds. The minimum absolute atomic E-state index is 0.199. The van der Waals surface area contributed by atoms with Crippen LogP contribution in [0, 0.1) is 23.7 Å². The van der Waals surface area contributed by atoms with Crippen molar-refractivity contribution in [1.82, 2.24) is 0 Å². The number of aliphatic hydroxyl groups excluding tert-OH is 1. The van der Waals surface area contributed by atoms with E-state index in [1.54, 1.807) is 0 Å². The van der Waals surface area contributed by atoms with Crippen molar-refractivity contribution in [2.24, 2.45) is 23.7 Å². The fourth-order valence-electron chi connectivity index (χ4n) is 5.48. The van der Waals surface area contributed by atoms with Crippen molar-refractivity contribution in [2.45, 2.75) is 83.3 Å². The van der Waals surface area contributed by atoms with Crippen LogP contribution in [-0.2, 0) is 24.0 Å². The predicted octanol–water partition coefficient (Wildman–Crippen LogP) is 2.98. The molecule has 1 aliphatic carbocycles. The van der Waals surface area contributed by atoms with Gasteiger partial charge < -0.3 is 19.3 Å². The Kier molecular flexibility index (Phi) is 4.88. The summed E-state index contributed by atoms with van der Waals surface area (Å²) >= 11 is 0. The number of rotatable bonds is 5. The summed E-state index contributed by atoms with van der Waals surface area (Å²) in [7, 11) is 0. The molecule has 0 radical (unpaired) electrons. The molecule has 25 heavy (non-hydrogen) atoms. The van der Waals surface area contributed by atoms with E-state index in [0.29, 0.717) is 24.4 Å². The minimum atomic E-state index is -0.737. The molecule has 4 aliphatic heterocycles. The standard InChI is InChI=1S/C19H32O6/c1-12-6-7-15-13(2)16(21-11-5-4-10-20)22-17-19(15)14(12)8-9-18(3,23-17)24-25-19/h12-17,20H,4-11H2,1-3H3/t12-,13-,14+,15+,16+,17-,18+,19-/m1/s1. The summed E-state index contributed by atoms with van der Waals surface area (Å²) in [5.74, 6) is 0.745. The molecule has 0 unspecified atom stereocenters. The van der Waals surface area contributed by atoms with Crippen LogP contribution in [-0.4, -0.2) is 42.3 Å². The summed E-state index contributed by atoms with van der Waals surface area (Å²) in [5.41, 5.74) is -0.516. The van der Waals surface area contributed by atoms with E-state index in [2.05, 4.69) is 13.8 Å². The SMILES string of the molecule is C[C@H]1[C@@H](OCCCCO)O[C@@H]2O[C@]3(C)CC[C@H]4[C@H](C)CC[C@@H]1[C@@]24OO3. The maximum absolute atomic E-state index is 8.94. The highest BCUT2D eigenvalue weighted by Crippen LogP contribution is 2.60. The fraction of sp³-hybridized carbons (Fsp3) is 1.00. The third-order valence-electron chi connectivity index (χ3n) is 6.93. The Balaban J connectivity index is 1.58. The first-order valence-electron chi connectivity index (χ1n) is 9.93. The lowest BCUT2D eigenvalue weighted by molar-refractivity contribution is -0.577. The molecule has 144 valence electrons. The molecule has 5 rings (SSSR count). The van der Waals surface area contributed by atoms with E-state index >= 15 is 0 Å². The molecule has 0 aromatic heterocycles. The summed E-state index contributed by atoms with van der Waals surface area (Å²) in [6, 6.07) is 0. The van der Waals surface area contributed by atoms with Crippen molar-refractivity contribution >= 4 is 0 Å². The number of hydrogen-bond donors (Lipinski definition) is 1. The maximum atomic E-state index is 8.94. The monoisotopic (exact) mass is 356 g/mol. The van der Waals surface area contributed by atoms with Crippen molar-refractivity contribution in [2.75, 3.05) is 13.2 Å². The summed E-state index contributed by atoms with van der Waals surface area (Å²) in [6.45, 7) is 7.25. The Morgan fingerprint density at radius 1 is 1.08 bits per heavy atom. The van der Waals surface area contributed by atoms with Crippen molar-refractivity contribution in [1.29, 1.82) is 0 Å². The average molecular weight is 356 g/mol. The molecule has 6 heteroatoms. The van der Waals surface area contributed by atoms with E-state index in [1.807, 2.05) is 6.92 Å². The van der Waals surface area contributed by atoms with E-state index < -0.39 is 17.7 Å². The number of ether oxygens (including phenoxy) is 3. The van der Waals surface area contributed by atoms with Crippen LogP contribution >= 0.6 is 0 Å². The van der Waals surface area contributed by atoms with Crippen LogP contribution in [0.25, 0.3) is 0 Å². The van der Waals surface area contributed by atoms with Crippen molar-refractivity contribution in [3.8, 4) is 0 Å². The van der Waals surface area contributed by atoms with E-state index in [-0.39, 0.29) is 18.8 Å². The predicted molar refractivity (Wildman–Crippen MR) is 89.1 cm³/mol. The van der Waals surface area contributed by atoms with Crippen LogP contribution in [0.3, 0.4) is 0 Å². The van der Waals surface area contributed by atoms with Gasteiger partial charge in [0.2, 0.25) is 5.79 Å². The molecular formula is C19H32O6. The van der Waals surface area contributed by atoms with E-state index in [4.69, 9.17) is 29.1 Å². The molecule has 0 aromatic rings. The first kappa shape index (κ1) is 18.1. The molecule has 0 aromatic carbocycles. The zero-order chi connectivity index (χ0) is 17.7. The number of aliphatic hydroxyl groups is 1. The zero-order valence-electron chi connectivity index (χ0n) is 15.6. The highest BCUT2D eigenvalue weighted by atomic mass is 17.3.